The normalized spacial score (nSPS) is 12.6. The molecular weight excluding hydrogens is 334 g/mol. The Labute approximate surface area is 146 Å². The summed E-state index contributed by atoms with van der Waals surface area (Å²) in [6.07, 6.45) is -0.509. The van der Waals surface area contributed by atoms with Gasteiger partial charge in [0.25, 0.3) is 0 Å². The first-order chi connectivity index (χ1) is 11.6. The van der Waals surface area contributed by atoms with Crippen LogP contribution in [0.25, 0.3) is 0 Å². The molecule has 0 spiro atoms. The number of hydrogen-bond acceptors (Lipinski definition) is 5. The van der Waals surface area contributed by atoms with Crippen LogP contribution in [0.4, 0.5) is 13.6 Å². The van der Waals surface area contributed by atoms with E-state index in [-0.39, 0.29) is 24.1 Å². The fraction of sp³-hybridized carbons (Fsp3) is 0.588. The van der Waals surface area contributed by atoms with Crippen LogP contribution in [-0.4, -0.2) is 38.0 Å². The van der Waals surface area contributed by atoms with Gasteiger partial charge in [-0.25, -0.2) is 4.79 Å². The first-order valence-corrected chi connectivity index (χ1v) is 7.93. The highest BCUT2D eigenvalue weighted by molar-refractivity contribution is 5.68. The molecule has 1 aromatic carbocycles. The summed E-state index contributed by atoms with van der Waals surface area (Å²) in [4.78, 5) is 11.7. The van der Waals surface area contributed by atoms with Gasteiger partial charge in [0.2, 0.25) is 0 Å². The van der Waals surface area contributed by atoms with Crippen LogP contribution in [0.15, 0.2) is 18.2 Å². The molecule has 0 aromatic heterocycles. The molecule has 1 atom stereocenters. The zero-order valence-electron chi connectivity index (χ0n) is 15.2. The van der Waals surface area contributed by atoms with Crippen LogP contribution in [0.3, 0.4) is 0 Å². The third kappa shape index (κ3) is 8.02. The summed E-state index contributed by atoms with van der Waals surface area (Å²) in [7, 11) is 1.39. The largest absolute Gasteiger partial charge is 0.493 e. The Bertz CT molecular complexity index is 562. The molecule has 0 radical (unpaired) electrons. The molecule has 0 saturated heterocycles. The highest BCUT2D eigenvalue weighted by Gasteiger charge is 2.18. The van der Waals surface area contributed by atoms with E-state index < -0.39 is 18.3 Å². The molecule has 142 valence electrons. The lowest BCUT2D eigenvalue weighted by Crippen LogP contribution is -2.42. The lowest BCUT2D eigenvalue weighted by molar-refractivity contribution is -0.0518. The van der Waals surface area contributed by atoms with Gasteiger partial charge in [-0.3, -0.25) is 0 Å². The Kier molecular flexibility index (Phi) is 7.89. The highest BCUT2D eigenvalue weighted by atomic mass is 19.3. The Morgan fingerprint density at radius 3 is 2.52 bits per heavy atom. The monoisotopic (exact) mass is 360 g/mol. The summed E-state index contributed by atoms with van der Waals surface area (Å²) in [5.41, 5.74) is -0.0385. The van der Waals surface area contributed by atoms with E-state index in [1.807, 2.05) is 0 Å². The van der Waals surface area contributed by atoms with Crippen LogP contribution in [0.1, 0.15) is 33.3 Å². The number of rotatable bonds is 8. The van der Waals surface area contributed by atoms with Crippen molar-refractivity contribution >= 4 is 6.09 Å². The minimum Gasteiger partial charge on any atom is -0.493 e. The molecule has 1 unspecified atom stereocenters. The van der Waals surface area contributed by atoms with Crippen molar-refractivity contribution in [2.24, 2.45) is 0 Å². The number of alkyl halides is 2. The summed E-state index contributed by atoms with van der Waals surface area (Å²) in [5, 5.41) is 5.78. The molecule has 1 aromatic rings. The number of methoxy groups -OCH3 is 1. The number of benzene rings is 1. The van der Waals surface area contributed by atoms with Gasteiger partial charge in [-0.1, -0.05) is 12.1 Å². The number of nitrogens with one attached hydrogen (secondary N) is 2. The molecule has 0 aliphatic rings. The van der Waals surface area contributed by atoms with Crippen molar-refractivity contribution in [1.29, 1.82) is 0 Å². The van der Waals surface area contributed by atoms with Crippen molar-refractivity contribution in [1.82, 2.24) is 10.6 Å². The van der Waals surface area contributed by atoms with Gasteiger partial charge in [0.15, 0.2) is 11.5 Å². The maximum Gasteiger partial charge on any atom is 0.407 e. The van der Waals surface area contributed by atoms with Crippen LogP contribution in [0.5, 0.6) is 11.5 Å². The summed E-state index contributed by atoms with van der Waals surface area (Å²) < 4.78 is 40.0. The molecule has 0 aliphatic carbocycles. The number of ether oxygens (including phenoxy) is 3. The van der Waals surface area contributed by atoms with E-state index in [1.165, 1.54) is 7.11 Å². The predicted octanol–water partition coefficient (Wildman–Crippen LogP) is 3.30. The van der Waals surface area contributed by atoms with Gasteiger partial charge in [-0.05, 0) is 33.8 Å². The quantitative estimate of drug-likeness (QED) is 0.744. The van der Waals surface area contributed by atoms with Crippen molar-refractivity contribution in [2.45, 2.75) is 52.5 Å². The molecule has 8 heteroatoms. The molecule has 0 fully saturated rings. The predicted molar refractivity (Wildman–Crippen MR) is 90.2 cm³/mol. The SMILES string of the molecule is COc1cccc(CNCC(C)NC(=O)OC(C)(C)C)c1OC(F)F. The molecule has 0 aliphatic heterocycles. The van der Waals surface area contributed by atoms with Gasteiger partial charge in [0, 0.05) is 24.7 Å². The zero-order valence-corrected chi connectivity index (χ0v) is 15.2. The van der Waals surface area contributed by atoms with Gasteiger partial charge >= 0.3 is 12.7 Å². The molecule has 0 saturated carbocycles. The van der Waals surface area contributed by atoms with Crippen molar-refractivity contribution in [3.8, 4) is 11.5 Å². The number of hydrogen-bond donors (Lipinski definition) is 2. The second kappa shape index (κ2) is 9.41. The topological polar surface area (TPSA) is 68.8 Å². The second-order valence-corrected chi connectivity index (χ2v) is 6.51. The maximum atomic E-state index is 12.6. The molecule has 6 nitrogen and oxygen atoms in total. The zero-order chi connectivity index (χ0) is 19.0. The Morgan fingerprint density at radius 2 is 1.96 bits per heavy atom. The molecule has 0 heterocycles. The Morgan fingerprint density at radius 1 is 1.28 bits per heavy atom. The van der Waals surface area contributed by atoms with E-state index in [9.17, 15) is 13.6 Å². The van der Waals surface area contributed by atoms with Crippen LogP contribution < -0.4 is 20.1 Å². The number of halogens is 2. The minimum atomic E-state index is -2.94. The van der Waals surface area contributed by atoms with Crippen molar-refractivity contribution in [3.05, 3.63) is 23.8 Å². The lowest BCUT2D eigenvalue weighted by atomic mass is 10.1. The van der Waals surface area contributed by atoms with Crippen LogP contribution in [0, 0.1) is 0 Å². The average molecular weight is 360 g/mol. The molecule has 1 amide bonds. The van der Waals surface area contributed by atoms with Gasteiger partial charge < -0.3 is 24.8 Å². The fourth-order valence-electron chi connectivity index (χ4n) is 2.07. The summed E-state index contributed by atoms with van der Waals surface area (Å²) in [5.74, 6) is 0.236. The molecular formula is C17H26F2N2O4. The van der Waals surface area contributed by atoms with E-state index >= 15 is 0 Å². The van der Waals surface area contributed by atoms with Gasteiger partial charge in [0.05, 0.1) is 7.11 Å². The molecule has 1 rings (SSSR count). The van der Waals surface area contributed by atoms with Gasteiger partial charge in [-0.15, -0.1) is 0 Å². The minimum absolute atomic E-state index is 0.000236. The Balaban J connectivity index is 2.57. The first-order valence-electron chi connectivity index (χ1n) is 7.93. The first kappa shape index (κ1) is 21.0. The van der Waals surface area contributed by atoms with Crippen LogP contribution >= 0.6 is 0 Å². The molecule has 0 bridgehead atoms. The number of carbonyl (C=O) groups excluding carboxylic acids is 1. The van der Waals surface area contributed by atoms with Crippen molar-refractivity contribution in [2.75, 3.05) is 13.7 Å². The fourth-order valence-corrected chi connectivity index (χ4v) is 2.07. The number of alkyl carbamates (subject to hydrolysis) is 1. The Hall–Kier alpha value is -2.09. The van der Waals surface area contributed by atoms with Gasteiger partial charge in [0.1, 0.15) is 5.60 Å². The van der Waals surface area contributed by atoms with E-state index in [0.717, 1.165) is 0 Å². The summed E-state index contributed by atoms with van der Waals surface area (Å²) in [6, 6.07) is 4.70. The second-order valence-electron chi connectivity index (χ2n) is 6.51. The van der Waals surface area contributed by atoms with Crippen LogP contribution in [-0.2, 0) is 11.3 Å². The van der Waals surface area contributed by atoms with Crippen molar-refractivity contribution < 1.29 is 27.8 Å². The van der Waals surface area contributed by atoms with Gasteiger partial charge in [-0.2, -0.15) is 8.78 Å². The number of carbonyl (C=O) groups is 1. The summed E-state index contributed by atoms with van der Waals surface area (Å²) >= 11 is 0. The standard InChI is InChI=1S/C17H26F2N2O4/c1-11(21-16(22)25-17(2,3)4)9-20-10-12-7-6-8-13(23-5)14(12)24-15(18)19/h6-8,11,15,20H,9-10H2,1-5H3,(H,21,22). The van der Waals surface area contributed by atoms with Crippen molar-refractivity contribution in [3.63, 3.8) is 0 Å². The molecule has 2 N–H and O–H groups in total. The number of amides is 1. The third-order valence-electron chi connectivity index (χ3n) is 3.02. The van der Waals surface area contributed by atoms with E-state index in [0.29, 0.717) is 12.1 Å². The number of para-hydroxylation sites is 1. The summed E-state index contributed by atoms with van der Waals surface area (Å²) in [6.45, 7) is 4.90. The van der Waals surface area contributed by atoms with E-state index in [1.54, 1.807) is 45.9 Å². The maximum absolute atomic E-state index is 12.6. The average Bonchev–Trinajstić information content (AvgIpc) is 2.46. The third-order valence-corrected chi connectivity index (χ3v) is 3.02. The van der Waals surface area contributed by atoms with E-state index in [2.05, 4.69) is 15.4 Å². The smallest absolute Gasteiger partial charge is 0.407 e. The molecule has 25 heavy (non-hydrogen) atoms. The highest BCUT2D eigenvalue weighted by Crippen LogP contribution is 2.32. The van der Waals surface area contributed by atoms with Crippen LogP contribution in [0.2, 0.25) is 0 Å². The lowest BCUT2D eigenvalue weighted by Gasteiger charge is -2.22. The van der Waals surface area contributed by atoms with E-state index in [4.69, 9.17) is 9.47 Å².